The van der Waals surface area contributed by atoms with Gasteiger partial charge in [0.15, 0.2) is 17.5 Å². The first-order valence-corrected chi connectivity index (χ1v) is 9.68. The van der Waals surface area contributed by atoms with Crippen LogP contribution in [0.15, 0.2) is 21.6 Å². The van der Waals surface area contributed by atoms with Crippen molar-refractivity contribution >= 4 is 33.7 Å². The van der Waals surface area contributed by atoms with Gasteiger partial charge in [-0.1, -0.05) is 15.9 Å². The number of ether oxygens (including phenoxy) is 2. The fourth-order valence-corrected chi connectivity index (χ4v) is 2.96. The fourth-order valence-electron chi connectivity index (χ4n) is 2.01. The van der Waals surface area contributed by atoms with E-state index in [9.17, 15) is 0 Å². The molecule has 5 nitrogen and oxygen atoms in total. The second-order valence-electron chi connectivity index (χ2n) is 4.85. The molecule has 0 atom stereocenters. The molecule has 7 heteroatoms. The van der Waals surface area contributed by atoms with Crippen molar-refractivity contribution in [1.82, 2.24) is 10.6 Å². The summed E-state index contributed by atoms with van der Waals surface area (Å²) in [6.45, 7) is 1.57. The number of nitrogens with one attached hydrogen (secondary N) is 2. The SMILES string of the molecule is CN=C(NCCCCSC)NCc1cc(OC)c(OC)cc1Br. The second-order valence-corrected chi connectivity index (χ2v) is 6.69. The second kappa shape index (κ2) is 11.5. The molecule has 0 saturated carbocycles. The Morgan fingerprint density at radius 1 is 1.17 bits per heavy atom. The number of nitrogens with zero attached hydrogens (tertiary/aromatic N) is 1. The van der Waals surface area contributed by atoms with Gasteiger partial charge in [0.2, 0.25) is 0 Å². The Hall–Kier alpha value is -1.08. The Kier molecular flexibility index (Phi) is 9.94. The average molecular weight is 404 g/mol. The highest BCUT2D eigenvalue weighted by Crippen LogP contribution is 2.33. The summed E-state index contributed by atoms with van der Waals surface area (Å²) in [6, 6.07) is 3.87. The molecule has 2 N–H and O–H groups in total. The zero-order valence-corrected chi connectivity index (χ0v) is 16.6. The molecule has 0 aliphatic heterocycles. The van der Waals surface area contributed by atoms with Crippen molar-refractivity contribution in [2.45, 2.75) is 19.4 Å². The predicted molar refractivity (Wildman–Crippen MR) is 103 cm³/mol. The Morgan fingerprint density at radius 3 is 2.48 bits per heavy atom. The van der Waals surface area contributed by atoms with Gasteiger partial charge < -0.3 is 20.1 Å². The number of unbranched alkanes of at least 4 members (excludes halogenated alkanes) is 1. The van der Waals surface area contributed by atoms with Gasteiger partial charge in [-0.25, -0.2) is 0 Å². The molecule has 130 valence electrons. The lowest BCUT2D eigenvalue weighted by atomic mass is 10.2. The standard InChI is InChI=1S/C16H26BrN3O2S/c1-18-16(19-7-5-6-8-23-4)20-11-12-9-14(21-2)15(22-3)10-13(12)17/h9-10H,5-8,11H2,1-4H3,(H2,18,19,20). The first-order valence-electron chi connectivity index (χ1n) is 7.50. The summed E-state index contributed by atoms with van der Waals surface area (Å²) in [4.78, 5) is 4.24. The van der Waals surface area contributed by atoms with Crippen LogP contribution in [0.3, 0.4) is 0 Å². The highest BCUT2D eigenvalue weighted by Gasteiger charge is 2.10. The largest absolute Gasteiger partial charge is 0.493 e. The minimum absolute atomic E-state index is 0.644. The smallest absolute Gasteiger partial charge is 0.191 e. The van der Waals surface area contributed by atoms with Gasteiger partial charge in [-0.2, -0.15) is 11.8 Å². The molecule has 0 bridgehead atoms. The molecular formula is C16H26BrN3O2S. The number of methoxy groups -OCH3 is 2. The molecule has 1 aromatic carbocycles. The van der Waals surface area contributed by atoms with Crippen molar-refractivity contribution in [2.24, 2.45) is 4.99 Å². The normalized spacial score (nSPS) is 11.3. The summed E-state index contributed by atoms with van der Waals surface area (Å²) in [6.07, 6.45) is 4.49. The lowest BCUT2D eigenvalue weighted by Crippen LogP contribution is -2.37. The predicted octanol–water partition coefficient (Wildman–Crippen LogP) is 3.27. The van der Waals surface area contributed by atoms with E-state index in [1.807, 2.05) is 23.9 Å². The van der Waals surface area contributed by atoms with E-state index in [2.05, 4.69) is 37.8 Å². The van der Waals surface area contributed by atoms with E-state index in [-0.39, 0.29) is 0 Å². The Morgan fingerprint density at radius 2 is 1.87 bits per heavy atom. The molecule has 0 fully saturated rings. The minimum Gasteiger partial charge on any atom is -0.493 e. The number of hydrogen-bond acceptors (Lipinski definition) is 4. The van der Waals surface area contributed by atoms with Crippen molar-refractivity contribution in [2.75, 3.05) is 39.8 Å². The number of hydrogen-bond donors (Lipinski definition) is 2. The lowest BCUT2D eigenvalue weighted by molar-refractivity contribution is 0.354. The van der Waals surface area contributed by atoms with Gasteiger partial charge in [-0.3, -0.25) is 4.99 Å². The zero-order valence-electron chi connectivity index (χ0n) is 14.2. The van der Waals surface area contributed by atoms with Gasteiger partial charge in [-0.05, 0) is 42.5 Å². The summed E-state index contributed by atoms with van der Waals surface area (Å²) in [5, 5.41) is 6.64. The number of thioether (sulfide) groups is 1. The van der Waals surface area contributed by atoms with Crippen molar-refractivity contribution in [1.29, 1.82) is 0 Å². The van der Waals surface area contributed by atoms with Crippen LogP contribution < -0.4 is 20.1 Å². The van der Waals surface area contributed by atoms with Gasteiger partial charge in [0.05, 0.1) is 14.2 Å². The Balaban J connectivity index is 2.55. The van der Waals surface area contributed by atoms with Gasteiger partial charge in [-0.15, -0.1) is 0 Å². The van der Waals surface area contributed by atoms with Gasteiger partial charge in [0.25, 0.3) is 0 Å². The zero-order chi connectivity index (χ0) is 17.1. The number of rotatable bonds is 9. The van der Waals surface area contributed by atoms with E-state index in [0.717, 1.165) is 29.0 Å². The topological polar surface area (TPSA) is 54.9 Å². The summed E-state index contributed by atoms with van der Waals surface area (Å²) in [5.41, 5.74) is 1.08. The molecule has 0 unspecified atom stereocenters. The van der Waals surface area contributed by atoms with Crippen LogP contribution in [0.4, 0.5) is 0 Å². The van der Waals surface area contributed by atoms with Gasteiger partial charge >= 0.3 is 0 Å². The molecule has 0 saturated heterocycles. The van der Waals surface area contributed by atoms with Crippen LogP contribution in [0.2, 0.25) is 0 Å². The molecule has 1 rings (SSSR count). The molecule has 0 amide bonds. The van der Waals surface area contributed by atoms with Crippen LogP contribution in [-0.4, -0.2) is 45.8 Å². The van der Waals surface area contributed by atoms with Crippen LogP contribution in [0.5, 0.6) is 11.5 Å². The molecule has 0 aromatic heterocycles. The lowest BCUT2D eigenvalue weighted by Gasteiger charge is -2.15. The highest BCUT2D eigenvalue weighted by molar-refractivity contribution is 9.10. The third kappa shape index (κ3) is 6.91. The van der Waals surface area contributed by atoms with Gasteiger partial charge in [0.1, 0.15) is 0 Å². The summed E-state index contributed by atoms with van der Waals surface area (Å²) in [5.74, 6) is 3.43. The third-order valence-corrected chi connectivity index (χ3v) is 4.73. The molecule has 0 heterocycles. The monoisotopic (exact) mass is 403 g/mol. The van der Waals surface area contributed by atoms with Crippen LogP contribution in [0.1, 0.15) is 18.4 Å². The van der Waals surface area contributed by atoms with E-state index < -0.39 is 0 Å². The number of guanidine groups is 1. The number of aliphatic imine (C=N–C) groups is 1. The minimum atomic E-state index is 0.644. The first kappa shape index (κ1) is 20.0. The maximum Gasteiger partial charge on any atom is 0.191 e. The maximum absolute atomic E-state index is 5.35. The Bertz CT molecular complexity index is 512. The molecule has 0 radical (unpaired) electrons. The number of halogens is 1. The van der Waals surface area contributed by atoms with E-state index >= 15 is 0 Å². The van der Waals surface area contributed by atoms with Crippen molar-refractivity contribution < 1.29 is 9.47 Å². The highest BCUT2D eigenvalue weighted by atomic mass is 79.9. The van der Waals surface area contributed by atoms with Crippen LogP contribution in [0, 0.1) is 0 Å². The first-order chi connectivity index (χ1) is 11.2. The van der Waals surface area contributed by atoms with E-state index in [1.165, 1.54) is 12.2 Å². The summed E-state index contributed by atoms with van der Waals surface area (Å²) in [7, 11) is 5.05. The van der Waals surface area contributed by atoms with Gasteiger partial charge in [0, 0.05) is 24.6 Å². The van der Waals surface area contributed by atoms with Crippen LogP contribution in [-0.2, 0) is 6.54 Å². The molecule has 1 aromatic rings. The molecule has 0 aliphatic rings. The molecule has 23 heavy (non-hydrogen) atoms. The molecular weight excluding hydrogens is 378 g/mol. The van der Waals surface area contributed by atoms with Crippen molar-refractivity contribution in [3.63, 3.8) is 0 Å². The van der Waals surface area contributed by atoms with E-state index in [1.54, 1.807) is 21.3 Å². The van der Waals surface area contributed by atoms with Crippen molar-refractivity contribution in [3.8, 4) is 11.5 Å². The number of benzene rings is 1. The average Bonchev–Trinajstić information content (AvgIpc) is 2.57. The van der Waals surface area contributed by atoms with Crippen LogP contribution in [0.25, 0.3) is 0 Å². The molecule has 0 aliphatic carbocycles. The van der Waals surface area contributed by atoms with E-state index in [0.29, 0.717) is 18.0 Å². The summed E-state index contributed by atoms with van der Waals surface area (Å²) >= 11 is 5.45. The van der Waals surface area contributed by atoms with Crippen molar-refractivity contribution in [3.05, 3.63) is 22.2 Å². The van der Waals surface area contributed by atoms with Crippen LogP contribution >= 0.6 is 27.7 Å². The summed E-state index contributed by atoms with van der Waals surface area (Å²) < 4.78 is 11.6. The quantitative estimate of drug-likeness (QED) is 0.376. The van der Waals surface area contributed by atoms with E-state index in [4.69, 9.17) is 9.47 Å². The maximum atomic E-state index is 5.35. The fraction of sp³-hybridized carbons (Fsp3) is 0.562. The Labute approximate surface area is 151 Å². The third-order valence-electron chi connectivity index (χ3n) is 3.29. The molecule has 0 spiro atoms.